The number of nitrogens with one attached hydrogen (secondary N) is 2. The van der Waals surface area contributed by atoms with E-state index in [0.29, 0.717) is 24.2 Å². The van der Waals surface area contributed by atoms with Crippen LogP contribution in [-0.2, 0) is 15.0 Å². The van der Waals surface area contributed by atoms with E-state index in [0.717, 1.165) is 23.2 Å². The van der Waals surface area contributed by atoms with Crippen molar-refractivity contribution in [2.75, 3.05) is 4.72 Å². The van der Waals surface area contributed by atoms with Gasteiger partial charge in [-0.25, -0.2) is 0 Å². The maximum Gasteiger partial charge on any atom is 0.284 e. The molecule has 0 aliphatic carbocycles. The molecule has 1 aliphatic rings. The quantitative estimate of drug-likeness (QED) is 0.339. The van der Waals surface area contributed by atoms with Gasteiger partial charge in [-0.05, 0) is 48.6 Å². The molecular formula is C19H19N3O4S. The lowest BCUT2D eigenvalue weighted by atomic mass is 9.72. The van der Waals surface area contributed by atoms with Crippen molar-refractivity contribution in [3.63, 3.8) is 0 Å². The Hall–Kier alpha value is -2.87. The molecule has 7 nitrogen and oxygen atoms in total. The standard InChI is InChI=1S/C19H19N3O4S/c1-2-19(12-11-17(23)20-18(19)24)13-7-9-14(10-8-13)21-27-16-6-4-3-5-15(16)22(25)26/h3-10,21H,2,11-12H2,1H3,(H,20,23,24)/t19-/m1/s1. The van der Waals surface area contributed by atoms with Crippen molar-refractivity contribution in [1.29, 1.82) is 0 Å². The van der Waals surface area contributed by atoms with Crippen LogP contribution in [-0.4, -0.2) is 16.7 Å². The number of carbonyl (C=O) groups excluding carboxylic acids is 2. The van der Waals surface area contributed by atoms with Gasteiger partial charge < -0.3 is 4.72 Å². The fourth-order valence-corrected chi connectivity index (χ4v) is 3.99. The van der Waals surface area contributed by atoms with Crippen LogP contribution < -0.4 is 10.0 Å². The molecule has 2 N–H and O–H groups in total. The summed E-state index contributed by atoms with van der Waals surface area (Å²) in [6.45, 7) is 1.94. The lowest BCUT2D eigenvalue weighted by Crippen LogP contribution is -2.51. The molecule has 1 saturated heterocycles. The number of para-hydroxylation sites is 1. The number of nitro benzene ring substituents is 1. The lowest BCUT2D eigenvalue weighted by Gasteiger charge is -2.35. The van der Waals surface area contributed by atoms with Gasteiger partial charge in [0, 0.05) is 18.2 Å². The minimum absolute atomic E-state index is 0.0418. The first-order valence-electron chi connectivity index (χ1n) is 8.57. The highest BCUT2D eigenvalue weighted by molar-refractivity contribution is 8.00. The highest BCUT2D eigenvalue weighted by atomic mass is 32.2. The molecule has 0 saturated carbocycles. The molecular weight excluding hydrogens is 366 g/mol. The van der Waals surface area contributed by atoms with E-state index < -0.39 is 10.3 Å². The summed E-state index contributed by atoms with van der Waals surface area (Å²) in [5, 5.41) is 13.5. The Kier molecular flexibility index (Phi) is 5.46. The summed E-state index contributed by atoms with van der Waals surface area (Å²) < 4.78 is 3.09. The second kappa shape index (κ2) is 7.79. The van der Waals surface area contributed by atoms with Crippen LogP contribution in [0.25, 0.3) is 0 Å². The summed E-state index contributed by atoms with van der Waals surface area (Å²) in [6.07, 6.45) is 1.42. The zero-order valence-corrected chi connectivity index (χ0v) is 15.5. The van der Waals surface area contributed by atoms with E-state index in [9.17, 15) is 19.7 Å². The smallest absolute Gasteiger partial charge is 0.284 e. The molecule has 0 radical (unpaired) electrons. The number of hydrogen-bond acceptors (Lipinski definition) is 6. The number of imide groups is 1. The van der Waals surface area contributed by atoms with E-state index in [-0.39, 0.29) is 17.5 Å². The van der Waals surface area contributed by atoms with Crippen LogP contribution in [0.4, 0.5) is 11.4 Å². The third-order valence-corrected chi connectivity index (χ3v) is 5.75. The third kappa shape index (κ3) is 3.80. The first-order valence-corrected chi connectivity index (χ1v) is 9.39. The Labute approximate surface area is 160 Å². The Morgan fingerprint density at radius 3 is 2.52 bits per heavy atom. The van der Waals surface area contributed by atoms with E-state index in [1.165, 1.54) is 6.07 Å². The fraction of sp³-hybridized carbons (Fsp3) is 0.263. The number of anilines is 1. The van der Waals surface area contributed by atoms with Crippen molar-refractivity contribution in [1.82, 2.24) is 5.32 Å². The number of carbonyl (C=O) groups is 2. The topological polar surface area (TPSA) is 101 Å². The van der Waals surface area contributed by atoms with Gasteiger partial charge in [-0.3, -0.25) is 25.0 Å². The Morgan fingerprint density at radius 1 is 1.19 bits per heavy atom. The number of benzene rings is 2. The predicted molar refractivity (Wildman–Crippen MR) is 103 cm³/mol. The van der Waals surface area contributed by atoms with Crippen molar-refractivity contribution in [3.05, 3.63) is 64.2 Å². The molecule has 0 bridgehead atoms. The molecule has 140 valence electrons. The minimum atomic E-state index is -0.697. The largest absolute Gasteiger partial charge is 0.325 e. The summed E-state index contributed by atoms with van der Waals surface area (Å²) in [6, 6.07) is 13.9. The Morgan fingerprint density at radius 2 is 1.89 bits per heavy atom. The molecule has 2 aromatic carbocycles. The van der Waals surface area contributed by atoms with E-state index in [1.807, 2.05) is 31.2 Å². The molecule has 0 unspecified atom stereocenters. The molecule has 0 spiro atoms. The average Bonchev–Trinajstić information content (AvgIpc) is 2.67. The molecule has 8 heteroatoms. The SMILES string of the molecule is CC[C@]1(c2ccc(NSc3ccccc3[N+](=O)[O-])cc2)CCC(=O)NC1=O. The minimum Gasteiger partial charge on any atom is -0.325 e. The van der Waals surface area contributed by atoms with E-state index >= 15 is 0 Å². The predicted octanol–water partition coefficient (Wildman–Crippen LogP) is 3.80. The van der Waals surface area contributed by atoms with Gasteiger partial charge in [0.2, 0.25) is 11.8 Å². The van der Waals surface area contributed by atoms with Crippen LogP contribution in [0.5, 0.6) is 0 Å². The molecule has 3 rings (SSSR count). The summed E-state index contributed by atoms with van der Waals surface area (Å²) in [4.78, 5) is 35.1. The number of nitro groups is 1. The van der Waals surface area contributed by atoms with Crippen LogP contribution in [0, 0.1) is 10.1 Å². The molecule has 0 aromatic heterocycles. The van der Waals surface area contributed by atoms with Crippen LogP contribution in [0.1, 0.15) is 31.7 Å². The van der Waals surface area contributed by atoms with Gasteiger partial charge in [0.25, 0.3) is 5.69 Å². The molecule has 2 aromatic rings. The Balaban J connectivity index is 1.75. The molecule has 1 fully saturated rings. The maximum absolute atomic E-state index is 12.4. The number of piperidine rings is 1. The van der Waals surface area contributed by atoms with Crippen LogP contribution in [0.15, 0.2) is 53.4 Å². The van der Waals surface area contributed by atoms with Crippen molar-refractivity contribution >= 4 is 35.1 Å². The fourth-order valence-electron chi connectivity index (χ4n) is 3.23. The Bertz CT molecular complexity index is 885. The first-order chi connectivity index (χ1) is 13.0. The third-order valence-electron chi connectivity index (χ3n) is 4.85. The van der Waals surface area contributed by atoms with Crippen molar-refractivity contribution in [2.24, 2.45) is 0 Å². The van der Waals surface area contributed by atoms with Gasteiger partial charge in [0.05, 0.1) is 10.3 Å². The van der Waals surface area contributed by atoms with Crippen LogP contribution in [0.3, 0.4) is 0 Å². The van der Waals surface area contributed by atoms with Crippen LogP contribution >= 0.6 is 11.9 Å². The molecule has 1 aliphatic heterocycles. The van der Waals surface area contributed by atoms with E-state index in [2.05, 4.69) is 10.0 Å². The van der Waals surface area contributed by atoms with E-state index in [1.54, 1.807) is 18.2 Å². The van der Waals surface area contributed by atoms with Crippen molar-refractivity contribution in [2.45, 2.75) is 36.5 Å². The van der Waals surface area contributed by atoms with Gasteiger partial charge in [-0.2, -0.15) is 0 Å². The molecule has 27 heavy (non-hydrogen) atoms. The van der Waals surface area contributed by atoms with Crippen molar-refractivity contribution in [3.8, 4) is 0 Å². The molecule has 1 heterocycles. The highest BCUT2D eigenvalue weighted by Crippen LogP contribution is 2.37. The zero-order chi connectivity index (χ0) is 19.4. The van der Waals surface area contributed by atoms with Gasteiger partial charge in [-0.1, -0.05) is 31.2 Å². The molecule has 2 amide bonds. The number of rotatable bonds is 6. The normalized spacial score (nSPS) is 19.4. The van der Waals surface area contributed by atoms with Gasteiger partial charge in [-0.15, -0.1) is 0 Å². The zero-order valence-electron chi connectivity index (χ0n) is 14.7. The number of hydrogen-bond donors (Lipinski definition) is 2. The van der Waals surface area contributed by atoms with E-state index in [4.69, 9.17) is 0 Å². The summed E-state index contributed by atoms with van der Waals surface area (Å²) in [7, 11) is 0. The average molecular weight is 385 g/mol. The lowest BCUT2D eigenvalue weighted by molar-refractivity contribution is -0.387. The highest BCUT2D eigenvalue weighted by Gasteiger charge is 2.42. The van der Waals surface area contributed by atoms with Gasteiger partial charge >= 0.3 is 0 Å². The summed E-state index contributed by atoms with van der Waals surface area (Å²) in [5.74, 6) is -0.487. The monoisotopic (exact) mass is 385 g/mol. The summed E-state index contributed by atoms with van der Waals surface area (Å²) >= 11 is 1.16. The number of amides is 2. The number of nitrogens with zero attached hydrogens (tertiary/aromatic N) is 1. The second-order valence-corrected chi connectivity index (χ2v) is 7.17. The van der Waals surface area contributed by atoms with Crippen molar-refractivity contribution < 1.29 is 14.5 Å². The van der Waals surface area contributed by atoms with Crippen LogP contribution in [0.2, 0.25) is 0 Å². The van der Waals surface area contributed by atoms with Gasteiger partial charge in [0.15, 0.2) is 0 Å². The summed E-state index contributed by atoms with van der Waals surface area (Å²) in [5.41, 5.74) is 0.967. The van der Waals surface area contributed by atoms with Gasteiger partial charge in [0.1, 0.15) is 4.90 Å². The second-order valence-electron chi connectivity index (χ2n) is 6.32. The first kappa shape index (κ1) is 18.9. The molecule has 1 atom stereocenters. The maximum atomic E-state index is 12.4.